The van der Waals surface area contributed by atoms with Crippen molar-refractivity contribution in [3.8, 4) is 0 Å². The summed E-state index contributed by atoms with van der Waals surface area (Å²) in [5.74, 6) is -0.429. The summed E-state index contributed by atoms with van der Waals surface area (Å²) in [4.78, 5) is 35.9. The van der Waals surface area contributed by atoms with Gasteiger partial charge in [-0.1, -0.05) is 17.7 Å². The molecule has 0 saturated heterocycles. The van der Waals surface area contributed by atoms with Crippen molar-refractivity contribution in [3.63, 3.8) is 0 Å². The van der Waals surface area contributed by atoms with Gasteiger partial charge in [0, 0.05) is 35.1 Å². The summed E-state index contributed by atoms with van der Waals surface area (Å²) in [5, 5.41) is 11.2. The van der Waals surface area contributed by atoms with Crippen LogP contribution < -0.4 is 21.3 Å². The summed E-state index contributed by atoms with van der Waals surface area (Å²) in [5.41, 5.74) is 1.51. The highest BCUT2D eigenvalue weighted by atomic mass is 35.5. The monoisotopic (exact) mass is 426 g/mol. The fraction of sp³-hybridized carbons (Fsp3) is 0.0952. The van der Waals surface area contributed by atoms with Crippen LogP contribution in [0.4, 0.5) is 16.2 Å². The minimum Gasteiger partial charge on any atom is -0.459 e. The predicted octanol–water partition coefficient (Wildman–Crippen LogP) is 3.74. The zero-order valence-electron chi connectivity index (χ0n) is 15.8. The van der Waals surface area contributed by atoms with Crippen LogP contribution in [0.5, 0.6) is 0 Å². The van der Waals surface area contributed by atoms with Crippen LogP contribution in [0.1, 0.15) is 20.9 Å². The van der Waals surface area contributed by atoms with E-state index >= 15 is 0 Å². The van der Waals surface area contributed by atoms with Crippen molar-refractivity contribution in [2.75, 3.05) is 23.7 Å². The van der Waals surface area contributed by atoms with Crippen molar-refractivity contribution in [3.05, 3.63) is 83.3 Å². The number of amides is 4. The minimum absolute atomic E-state index is 0.212. The number of benzene rings is 2. The molecule has 0 saturated carbocycles. The number of carbonyl (C=O) groups excluding carboxylic acids is 3. The van der Waals surface area contributed by atoms with Crippen LogP contribution >= 0.6 is 11.6 Å². The van der Waals surface area contributed by atoms with E-state index in [1.54, 1.807) is 60.7 Å². The Hall–Kier alpha value is -3.78. The third-order valence-electron chi connectivity index (χ3n) is 3.93. The van der Waals surface area contributed by atoms with E-state index in [-0.39, 0.29) is 30.7 Å². The average molecular weight is 427 g/mol. The van der Waals surface area contributed by atoms with E-state index in [1.165, 1.54) is 6.26 Å². The average Bonchev–Trinajstić information content (AvgIpc) is 3.26. The highest BCUT2D eigenvalue weighted by molar-refractivity contribution is 6.30. The maximum atomic E-state index is 12.2. The molecule has 4 N–H and O–H groups in total. The lowest BCUT2D eigenvalue weighted by molar-refractivity contribution is 0.0910. The molecule has 9 heteroatoms. The standard InChI is InChI=1S/C21H19ClN4O4/c22-15-3-1-4-17(13-15)26-21(29)25-16-8-6-14(7-9-16)19(27)23-10-11-24-20(28)18-5-2-12-30-18/h1-9,12-13H,10-11H2,(H,23,27)(H,24,28)(H2,25,26,29). The van der Waals surface area contributed by atoms with Gasteiger partial charge in [-0.15, -0.1) is 0 Å². The smallest absolute Gasteiger partial charge is 0.323 e. The Balaban J connectivity index is 1.42. The van der Waals surface area contributed by atoms with Crippen LogP contribution in [-0.4, -0.2) is 30.9 Å². The van der Waals surface area contributed by atoms with Crippen molar-refractivity contribution >= 4 is 40.8 Å². The second-order valence-electron chi connectivity index (χ2n) is 6.16. The molecule has 0 aliphatic carbocycles. The molecule has 2 aromatic carbocycles. The summed E-state index contributed by atoms with van der Waals surface area (Å²) in [7, 11) is 0. The molecule has 1 heterocycles. The molecular weight excluding hydrogens is 408 g/mol. The Labute approximate surface area is 177 Å². The summed E-state index contributed by atoms with van der Waals surface area (Å²) in [6, 6.07) is 15.9. The number of nitrogens with one attached hydrogen (secondary N) is 4. The van der Waals surface area contributed by atoms with E-state index < -0.39 is 6.03 Å². The van der Waals surface area contributed by atoms with Gasteiger partial charge in [0.25, 0.3) is 11.8 Å². The van der Waals surface area contributed by atoms with E-state index in [9.17, 15) is 14.4 Å². The zero-order valence-corrected chi connectivity index (χ0v) is 16.5. The molecule has 0 unspecified atom stereocenters. The molecule has 3 rings (SSSR count). The SMILES string of the molecule is O=C(Nc1ccc(C(=O)NCCNC(=O)c2ccco2)cc1)Nc1cccc(Cl)c1. The Morgan fingerprint density at radius 3 is 2.17 bits per heavy atom. The van der Waals surface area contributed by atoms with Crippen LogP contribution in [0.15, 0.2) is 71.3 Å². The third kappa shape index (κ3) is 6.11. The molecule has 0 radical (unpaired) electrons. The van der Waals surface area contributed by atoms with E-state index in [0.29, 0.717) is 22.0 Å². The second kappa shape index (κ2) is 10.1. The molecule has 4 amide bonds. The van der Waals surface area contributed by atoms with Crippen LogP contribution in [0.25, 0.3) is 0 Å². The van der Waals surface area contributed by atoms with E-state index in [0.717, 1.165) is 0 Å². The maximum absolute atomic E-state index is 12.2. The maximum Gasteiger partial charge on any atom is 0.323 e. The van der Waals surface area contributed by atoms with Gasteiger partial charge in [-0.25, -0.2) is 4.79 Å². The lowest BCUT2D eigenvalue weighted by Gasteiger charge is -2.09. The van der Waals surface area contributed by atoms with Crippen LogP contribution in [0.3, 0.4) is 0 Å². The lowest BCUT2D eigenvalue weighted by Crippen LogP contribution is -2.34. The molecule has 0 aliphatic heterocycles. The summed E-state index contributed by atoms with van der Waals surface area (Å²) in [6.07, 6.45) is 1.41. The second-order valence-corrected chi connectivity index (χ2v) is 6.59. The fourth-order valence-electron chi connectivity index (χ4n) is 2.51. The normalized spacial score (nSPS) is 10.2. The number of urea groups is 1. The van der Waals surface area contributed by atoms with Gasteiger partial charge in [-0.2, -0.15) is 0 Å². The predicted molar refractivity (Wildman–Crippen MR) is 114 cm³/mol. The Morgan fingerprint density at radius 1 is 0.800 bits per heavy atom. The molecule has 0 atom stereocenters. The van der Waals surface area contributed by atoms with E-state index in [2.05, 4.69) is 21.3 Å². The number of hydrogen-bond acceptors (Lipinski definition) is 4. The minimum atomic E-state index is -0.429. The number of halogens is 1. The Morgan fingerprint density at radius 2 is 1.50 bits per heavy atom. The van der Waals surface area contributed by atoms with Crippen LogP contribution in [0, 0.1) is 0 Å². The van der Waals surface area contributed by atoms with Crippen LogP contribution in [-0.2, 0) is 0 Å². The van der Waals surface area contributed by atoms with Crippen molar-refractivity contribution in [2.24, 2.45) is 0 Å². The first-order valence-electron chi connectivity index (χ1n) is 9.05. The van der Waals surface area contributed by atoms with Gasteiger partial charge in [0.1, 0.15) is 0 Å². The lowest BCUT2D eigenvalue weighted by atomic mass is 10.2. The van der Waals surface area contributed by atoms with Crippen molar-refractivity contribution in [1.82, 2.24) is 10.6 Å². The number of hydrogen-bond donors (Lipinski definition) is 4. The summed E-state index contributed by atoms with van der Waals surface area (Å²) in [6.45, 7) is 0.516. The number of furan rings is 1. The van der Waals surface area contributed by atoms with Gasteiger partial charge in [0.05, 0.1) is 6.26 Å². The van der Waals surface area contributed by atoms with E-state index in [4.69, 9.17) is 16.0 Å². The van der Waals surface area contributed by atoms with Crippen LogP contribution in [0.2, 0.25) is 5.02 Å². The van der Waals surface area contributed by atoms with Gasteiger partial charge in [-0.3, -0.25) is 9.59 Å². The van der Waals surface area contributed by atoms with Crippen molar-refractivity contribution < 1.29 is 18.8 Å². The molecule has 1 aromatic heterocycles. The van der Waals surface area contributed by atoms with Gasteiger partial charge in [-0.05, 0) is 54.6 Å². The topological polar surface area (TPSA) is 112 Å². The quantitative estimate of drug-likeness (QED) is 0.431. The first kappa shape index (κ1) is 20.9. The Kier molecular flexibility index (Phi) is 7.07. The highest BCUT2D eigenvalue weighted by Gasteiger charge is 2.09. The zero-order chi connectivity index (χ0) is 21.3. The number of rotatable bonds is 7. The van der Waals surface area contributed by atoms with E-state index in [1.807, 2.05) is 0 Å². The summed E-state index contributed by atoms with van der Waals surface area (Å²) >= 11 is 5.89. The molecule has 0 bridgehead atoms. The molecule has 0 spiro atoms. The summed E-state index contributed by atoms with van der Waals surface area (Å²) < 4.78 is 4.98. The number of carbonyl (C=O) groups is 3. The van der Waals surface area contributed by atoms with Crippen molar-refractivity contribution in [2.45, 2.75) is 0 Å². The van der Waals surface area contributed by atoms with Gasteiger partial charge < -0.3 is 25.7 Å². The first-order valence-corrected chi connectivity index (χ1v) is 9.42. The van der Waals surface area contributed by atoms with Gasteiger partial charge in [0.2, 0.25) is 0 Å². The number of anilines is 2. The molecule has 0 aliphatic rings. The molecule has 30 heavy (non-hydrogen) atoms. The van der Waals surface area contributed by atoms with Crippen molar-refractivity contribution in [1.29, 1.82) is 0 Å². The molecule has 0 fully saturated rings. The molecule has 154 valence electrons. The first-order chi connectivity index (χ1) is 14.5. The molecule has 3 aromatic rings. The van der Waals surface area contributed by atoms with Gasteiger partial charge in [0.15, 0.2) is 5.76 Å². The molecular formula is C21H19ClN4O4. The molecule has 8 nitrogen and oxygen atoms in total. The highest BCUT2D eigenvalue weighted by Crippen LogP contribution is 2.16. The Bertz CT molecular complexity index is 1020. The third-order valence-corrected chi connectivity index (χ3v) is 4.16. The largest absolute Gasteiger partial charge is 0.459 e. The fourth-order valence-corrected chi connectivity index (χ4v) is 2.70. The van der Waals surface area contributed by atoms with Gasteiger partial charge >= 0.3 is 6.03 Å².